The highest BCUT2D eigenvalue weighted by atomic mass is 32.2. The molecular formula is C24H25N5O3S. The number of carbonyl (C=O) groups excluding carboxylic acids is 1. The van der Waals surface area contributed by atoms with E-state index in [2.05, 4.69) is 25.8 Å². The van der Waals surface area contributed by atoms with Crippen molar-refractivity contribution in [1.82, 2.24) is 24.6 Å². The molecule has 0 bridgehead atoms. The van der Waals surface area contributed by atoms with Crippen molar-refractivity contribution in [2.45, 2.75) is 42.9 Å². The molecule has 0 unspecified atom stereocenters. The molecule has 2 aromatic heterocycles. The SMILES string of the molecule is O=C(CSc1nnc(-c2ccncc2)n1C1CC1)N1CCC[C@H]1c1ccc2c(c1)OCCO2. The van der Waals surface area contributed by atoms with E-state index < -0.39 is 0 Å². The summed E-state index contributed by atoms with van der Waals surface area (Å²) in [4.78, 5) is 19.3. The van der Waals surface area contributed by atoms with Crippen LogP contribution in [-0.2, 0) is 4.79 Å². The number of pyridine rings is 1. The minimum atomic E-state index is 0.0719. The normalized spacial score (nSPS) is 19.6. The van der Waals surface area contributed by atoms with E-state index in [0.29, 0.717) is 25.0 Å². The van der Waals surface area contributed by atoms with Crippen molar-refractivity contribution in [3.05, 3.63) is 48.3 Å². The molecule has 33 heavy (non-hydrogen) atoms. The van der Waals surface area contributed by atoms with Crippen LogP contribution in [-0.4, -0.2) is 56.1 Å². The van der Waals surface area contributed by atoms with Gasteiger partial charge in [0, 0.05) is 30.5 Å². The maximum atomic E-state index is 13.2. The summed E-state index contributed by atoms with van der Waals surface area (Å²) in [6.45, 7) is 1.91. The first-order valence-electron chi connectivity index (χ1n) is 11.4. The van der Waals surface area contributed by atoms with E-state index in [1.807, 2.05) is 29.2 Å². The highest BCUT2D eigenvalue weighted by Crippen LogP contribution is 2.42. The zero-order chi connectivity index (χ0) is 22.2. The van der Waals surface area contributed by atoms with Crippen LogP contribution in [0.4, 0.5) is 0 Å². The molecule has 1 aromatic carbocycles. The Kier molecular flexibility index (Phi) is 5.41. The number of thioether (sulfide) groups is 1. The van der Waals surface area contributed by atoms with Crippen LogP contribution in [0.5, 0.6) is 11.5 Å². The molecule has 3 aromatic rings. The molecule has 0 radical (unpaired) electrons. The zero-order valence-corrected chi connectivity index (χ0v) is 19.0. The number of likely N-dealkylation sites (tertiary alicyclic amines) is 1. The number of benzene rings is 1. The molecule has 1 aliphatic carbocycles. The van der Waals surface area contributed by atoms with Crippen LogP contribution < -0.4 is 9.47 Å². The third kappa shape index (κ3) is 4.06. The van der Waals surface area contributed by atoms with E-state index in [-0.39, 0.29) is 11.9 Å². The van der Waals surface area contributed by atoms with E-state index in [9.17, 15) is 4.79 Å². The zero-order valence-electron chi connectivity index (χ0n) is 18.2. The molecule has 2 fully saturated rings. The van der Waals surface area contributed by atoms with Gasteiger partial charge >= 0.3 is 0 Å². The number of ether oxygens (including phenoxy) is 2. The maximum Gasteiger partial charge on any atom is 0.233 e. The fraction of sp³-hybridized carbons (Fsp3) is 0.417. The highest BCUT2D eigenvalue weighted by molar-refractivity contribution is 7.99. The van der Waals surface area contributed by atoms with Crippen LogP contribution in [0.3, 0.4) is 0 Å². The lowest BCUT2D eigenvalue weighted by Crippen LogP contribution is -2.32. The van der Waals surface area contributed by atoms with Gasteiger partial charge in [-0.2, -0.15) is 0 Å². The lowest BCUT2D eigenvalue weighted by atomic mass is 10.0. The second-order valence-electron chi connectivity index (χ2n) is 8.58. The Morgan fingerprint density at radius 2 is 1.85 bits per heavy atom. The minimum Gasteiger partial charge on any atom is -0.486 e. The molecule has 0 N–H and O–H groups in total. The summed E-state index contributed by atoms with van der Waals surface area (Å²) in [5.74, 6) is 2.88. The lowest BCUT2D eigenvalue weighted by Gasteiger charge is -2.26. The van der Waals surface area contributed by atoms with E-state index in [1.165, 1.54) is 11.8 Å². The average molecular weight is 464 g/mol. The fourth-order valence-corrected chi connectivity index (χ4v) is 5.51. The molecule has 8 nitrogen and oxygen atoms in total. The maximum absolute atomic E-state index is 13.2. The van der Waals surface area contributed by atoms with Crippen molar-refractivity contribution >= 4 is 17.7 Å². The van der Waals surface area contributed by atoms with Gasteiger partial charge in [-0.1, -0.05) is 17.8 Å². The third-order valence-electron chi connectivity index (χ3n) is 6.36. The number of amides is 1. The molecule has 0 spiro atoms. The molecule has 1 amide bonds. The van der Waals surface area contributed by atoms with Crippen molar-refractivity contribution in [2.24, 2.45) is 0 Å². The second kappa shape index (κ2) is 8.70. The van der Waals surface area contributed by atoms with Crippen molar-refractivity contribution in [3.8, 4) is 22.9 Å². The first-order chi connectivity index (χ1) is 16.3. The van der Waals surface area contributed by atoms with Crippen LogP contribution in [0.15, 0.2) is 47.9 Å². The minimum absolute atomic E-state index is 0.0719. The summed E-state index contributed by atoms with van der Waals surface area (Å²) in [6.07, 6.45) is 7.73. The summed E-state index contributed by atoms with van der Waals surface area (Å²) in [7, 11) is 0. The molecule has 9 heteroatoms. The molecular weight excluding hydrogens is 438 g/mol. The molecule has 6 rings (SSSR count). The summed E-state index contributed by atoms with van der Waals surface area (Å²) in [5.41, 5.74) is 2.11. The van der Waals surface area contributed by atoms with Gasteiger partial charge < -0.3 is 14.4 Å². The Morgan fingerprint density at radius 3 is 2.67 bits per heavy atom. The fourth-order valence-electron chi connectivity index (χ4n) is 4.62. The van der Waals surface area contributed by atoms with E-state index >= 15 is 0 Å². The predicted octanol–water partition coefficient (Wildman–Crippen LogP) is 3.90. The number of rotatable bonds is 6. The molecule has 3 aliphatic rings. The predicted molar refractivity (Wildman–Crippen MR) is 123 cm³/mol. The second-order valence-corrected chi connectivity index (χ2v) is 9.52. The van der Waals surface area contributed by atoms with Crippen LogP contribution in [0.1, 0.15) is 43.3 Å². The number of hydrogen-bond acceptors (Lipinski definition) is 7. The Morgan fingerprint density at radius 1 is 1.03 bits per heavy atom. The van der Waals surface area contributed by atoms with Gasteiger partial charge in [-0.3, -0.25) is 14.3 Å². The first-order valence-corrected chi connectivity index (χ1v) is 12.4. The number of aromatic nitrogens is 4. The van der Waals surface area contributed by atoms with Gasteiger partial charge in [-0.15, -0.1) is 10.2 Å². The first kappa shape index (κ1) is 20.5. The van der Waals surface area contributed by atoms with E-state index in [0.717, 1.165) is 65.8 Å². The van der Waals surface area contributed by atoms with Crippen LogP contribution >= 0.6 is 11.8 Å². The quantitative estimate of drug-likeness (QED) is 0.513. The van der Waals surface area contributed by atoms with Crippen molar-refractivity contribution < 1.29 is 14.3 Å². The summed E-state index contributed by atoms with van der Waals surface area (Å²) in [5, 5.41) is 9.69. The van der Waals surface area contributed by atoms with Gasteiger partial charge in [-0.05, 0) is 55.5 Å². The molecule has 1 saturated carbocycles. The van der Waals surface area contributed by atoms with Gasteiger partial charge in [0.05, 0.1) is 11.8 Å². The summed E-state index contributed by atoms with van der Waals surface area (Å²) >= 11 is 1.48. The lowest BCUT2D eigenvalue weighted by molar-refractivity contribution is -0.129. The highest BCUT2D eigenvalue weighted by Gasteiger charge is 2.33. The molecule has 1 atom stereocenters. The Hall–Kier alpha value is -3.07. The van der Waals surface area contributed by atoms with Gasteiger partial charge in [0.15, 0.2) is 22.5 Å². The van der Waals surface area contributed by atoms with Crippen LogP contribution in [0, 0.1) is 0 Å². The van der Waals surface area contributed by atoms with Gasteiger partial charge in [-0.25, -0.2) is 0 Å². The summed E-state index contributed by atoms with van der Waals surface area (Å²) < 4.78 is 13.6. The number of nitrogens with zero attached hydrogens (tertiary/aromatic N) is 5. The van der Waals surface area contributed by atoms with E-state index in [4.69, 9.17) is 9.47 Å². The standard InChI is InChI=1S/C24H25N5O3S/c30-22(28-11-1-2-19(28)17-3-6-20-21(14-17)32-13-12-31-20)15-33-24-27-26-23(29(24)18-4-5-18)16-7-9-25-10-8-16/h3,6-10,14,18-19H,1-2,4-5,11-13,15H2/t19-/m0/s1. The Balaban J connectivity index is 1.18. The third-order valence-corrected chi connectivity index (χ3v) is 7.29. The molecule has 4 heterocycles. The number of fused-ring (bicyclic) bond motifs is 1. The molecule has 170 valence electrons. The average Bonchev–Trinajstić information content (AvgIpc) is 3.41. The van der Waals surface area contributed by atoms with Gasteiger partial charge in [0.2, 0.25) is 5.91 Å². The molecule has 1 saturated heterocycles. The monoisotopic (exact) mass is 463 g/mol. The number of hydrogen-bond donors (Lipinski definition) is 0. The van der Waals surface area contributed by atoms with Crippen LogP contribution in [0.25, 0.3) is 11.4 Å². The van der Waals surface area contributed by atoms with Gasteiger partial charge in [0.25, 0.3) is 0 Å². The Bertz CT molecular complexity index is 1160. The van der Waals surface area contributed by atoms with E-state index in [1.54, 1.807) is 12.4 Å². The Labute approximate surface area is 196 Å². The van der Waals surface area contributed by atoms with Crippen LogP contribution in [0.2, 0.25) is 0 Å². The van der Waals surface area contributed by atoms with Crippen molar-refractivity contribution in [3.63, 3.8) is 0 Å². The van der Waals surface area contributed by atoms with Crippen molar-refractivity contribution in [1.29, 1.82) is 0 Å². The van der Waals surface area contributed by atoms with Gasteiger partial charge in [0.1, 0.15) is 13.2 Å². The smallest absolute Gasteiger partial charge is 0.233 e. The number of carbonyl (C=O) groups is 1. The van der Waals surface area contributed by atoms with Crippen molar-refractivity contribution in [2.75, 3.05) is 25.5 Å². The summed E-state index contributed by atoms with van der Waals surface area (Å²) in [6, 6.07) is 10.4. The molecule has 2 aliphatic heterocycles. The topological polar surface area (TPSA) is 82.4 Å². The largest absolute Gasteiger partial charge is 0.486 e.